The highest BCUT2D eigenvalue weighted by Crippen LogP contribution is 2.11. The van der Waals surface area contributed by atoms with Gasteiger partial charge in [-0.15, -0.1) is 11.8 Å². The van der Waals surface area contributed by atoms with Crippen LogP contribution < -0.4 is 0 Å². The quantitative estimate of drug-likeness (QED) is 0.682. The second-order valence-corrected chi connectivity index (χ2v) is 4.14. The lowest BCUT2D eigenvalue weighted by Crippen LogP contribution is -2.06. The number of ether oxygens (including phenoxy) is 1. The van der Waals surface area contributed by atoms with Crippen LogP contribution in [0, 0.1) is 0 Å². The van der Waals surface area contributed by atoms with Crippen LogP contribution in [0.1, 0.15) is 32.0 Å². The molecule has 0 radical (unpaired) electrons. The van der Waals surface area contributed by atoms with E-state index in [1.54, 1.807) is 6.92 Å². The van der Waals surface area contributed by atoms with Crippen LogP contribution in [0.15, 0.2) is 4.52 Å². The minimum absolute atomic E-state index is 0.208. The normalized spacial score (nSPS) is 10.4. The Hall–Kier alpha value is -1.04. The number of aromatic nitrogens is 2. The molecule has 1 aromatic rings. The molecule has 1 aromatic heterocycles. The molecule has 0 aliphatic carbocycles. The molecule has 0 bridgehead atoms. The first-order chi connectivity index (χ1) is 7.76. The smallest absolute Gasteiger partial charge is 0.315 e. The van der Waals surface area contributed by atoms with Crippen LogP contribution in [0.25, 0.3) is 0 Å². The summed E-state index contributed by atoms with van der Waals surface area (Å²) in [6, 6.07) is 0. The number of hydrogen-bond acceptors (Lipinski definition) is 6. The summed E-state index contributed by atoms with van der Waals surface area (Å²) in [5, 5.41) is 3.82. The average molecular weight is 244 g/mol. The van der Waals surface area contributed by atoms with Crippen LogP contribution in [0.5, 0.6) is 0 Å². The average Bonchev–Trinajstić information content (AvgIpc) is 2.67. The molecule has 0 saturated carbocycles. The summed E-state index contributed by atoms with van der Waals surface area (Å²) in [6.07, 6.45) is 1.82. The molecule has 0 unspecified atom stereocenters. The number of aryl methyl sites for hydroxylation is 1. The third-order valence-corrected chi connectivity index (χ3v) is 2.63. The van der Waals surface area contributed by atoms with Gasteiger partial charge in [0.2, 0.25) is 5.89 Å². The van der Waals surface area contributed by atoms with Gasteiger partial charge in [0.1, 0.15) is 0 Å². The van der Waals surface area contributed by atoms with Gasteiger partial charge in [-0.2, -0.15) is 4.98 Å². The monoisotopic (exact) mass is 244 g/mol. The van der Waals surface area contributed by atoms with Gasteiger partial charge in [-0.1, -0.05) is 12.1 Å². The fourth-order valence-electron chi connectivity index (χ4n) is 1.10. The first kappa shape index (κ1) is 13.0. The van der Waals surface area contributed by atoms with E-state index in [0.29, 0.717) is 24.0 Å². The predicted octanol–water partition coefficient (Wildman–Crippen LogP) is 1.82. The Labute approximate surface area is 98.9 Å². The summed E-state index contributed by atoms with van der Waals surface area (Å²) in [7, 11) is 0. The molecule has 1 heterocycles. The van der Waals surface area contributed by atoms with Gasteiger partial charge in [0.15, 0.2) is 5.82 Å². The Morgan fingerprint density at radius 2 is 2.31 bits per heavy atom. The molecule has 0 aromatic carbocycles. The number of rotatable bonds is 7. The summed E-state index contributed by atoms with van der Waals surface area (Å²) < 4.78 is 9.82. The maximum absolute atomic E-state index is 11.0. The number of nitrogens with zero attached hydrogens (tertiary/aromatic N) is 2. The van der Waals surface area contributed by atoms with Crippen LogP contribution in [0.3, 0.4) is 0 Å². The zero-order valence-electron chi connectivity index (χ0n) is 9.56. The molecule has 0 atom stereocenters. The SMILES string of the molecule is CCCc1noc(CSCC(=O)OCC)n1. The lowest BCUT2D eigenvalue weighted by Gasteiger charge is -1.98. The van der Waals surface area contributed by atoms with Crippen LogP contribution in [-0.4, -0.2) is 28.5 Å². The van der Waals surface area contributed by atoms with Crippen molar-refractivity contribution in [2.24, 2.45) is 0 Å². The van der Waals surface area contributed by atoms with Gasteiger partial charge >= 0.3 is 5.97 Å². The van der Waals surface area contributed by atoms with Gasteiger partial charge < -0.3 is 9.26 Å². The zero-order valence-corrected chi connectivity index (χ0v) is 10.4. The van der Waals surface area contributed by atoms with Crippen molar-refractivity contribution in [3.05, 3.63) is 11.7 Å². The molecule has 1 rings (SSSR count). The van der Waals surface area contributed by atoms with E-state index < -0.39 is 0 Å². The number of carbonyl (C=O) groups is 1. The second-order valence-electron chi connectivity index (χ2n) is 3.15. The third kappa shape index (κ3) is 4.65. The van der Waals surface area contributed by atoms with Crippen LogP contribution in [0.4, 0.5) is 0 Å². The van der Waals surface area contributed by atoms with Crippen molar-refractivity contribution in [3.63, 3.8) is 0 Å². The number of hydrogen-bond donors (Lipinski definition) is 0. The van der Waals surface area contributed by atoms with Crippen molar-refractivity contribution in [2.75, 3.05) is 12.4 Å². The van der Waals surface area contributed by atoms with E-state index in [2.05, 4.69) is 17.1 Å². The fourth-order valence-corrected chi connectivity index (χ4v) is 1.74. The van der Waals surface area contributed by atoms with Crippen molar-refractivity contribution in [1.82, 2.24) is 10.1 Å². The summed E-state index contributed by atoms with van der Waals surface area (Å²) in [5.41, 5.74) is 0. The molecular weight excluding hydrogens is 228 g/mol. The van der Waals surface area contributed by atoms with Crippen molar-refractivity contribution >= 4 is 17.7 Å². The van der Waals surface area contributed by atoms with Gasteiger partial charge in [-0.3, -0.25) is 4.79 Å². The largest absolute Gasteiger partial charge is 0.465 e. The van der Waals surface area contributed by atoms with Crippen molar-refractivity contribution in [1.29, 1.82) is 0 Å². The summed E-state index contributed by atoms with van der Waals surface area (Å²) in [4.78, 5) is 15.2. The van der Waals surface area contributed by atoms with E-state index >= 15 is 0 Å². The molecule has 0 N–H and O–H groups in total. The summed E-state index contributed by atoms with van der Waals surface area (Å²) in [6.45, 7) is 4.27. The van der Waals surface area contributed by atoms with E-state index in [1.807, 2.05) is 0 Å². The van der Waals surface area contributed by atoms with Gasteiger partial charge in [0.25, 0.3) is 0 Å². The van der Waals surface area contributed by atoms with E-state index in [-0.39, 0.29) is 5.97 Å². The molecule has 5 nitrogen and oxygen atoms in total. The first-order valence-corrected chi connectivity index (χ1v) is 6.46. The van der Waals surface area contributed by atoms with E-state index in [9.17, 15) is 4.79 Å². The topological polar surface area (TPSA) is 65.2 Å². The molecule has 0 spiro atoms. The van der Waals surface area contributed by atoms with E-state index in [4.69, 9.17) is 9.26 Å². The Kier molecular flexibility index (Phi) is 5.92. The number of thioether (sulfide) groups is 1. The summed E-state index contributed by atoms with van der Waals surface area (Å²) in [5.74, 6) is 1.96. The highest BCUT2D eigenvalue weighted by molar-refractivity contribution is 7.99. The van der Waals surface area contributed by atoms with E-state index in [0.717, 1.165) is 18.7 Å². The molecule has 6 heteroatoms. The molecule has 16 heavy (non-hydrogen) atoms. The summed E-state index contributed by atoms with van der Waals surface area (Å²) >= 11 is 1.42. The van der Waals surface area contributed by atoms with Gasteiger partial charge in [-0.25, -0.2) is 0 Å². The Bertz CT molecular complexity index is 328. The lowest BCUT2D eigenvalue weighted by atomic mass is 10.3. The minimum Gasteiger partial charge on any atom is -0.465 e. The molecular formula is C10H16N2O3S. The minimum atomic E-state index is -0.208. The maximum atomic E-state index is 11.0. The Balaban J connectivity index is 2.23. The van der Waals surface area contributed by atoms with Gasteiger partial charge in [0.05, 0.1) is 18.1 Å². The van der Waals surface area contributed by atoms with Crippen molar-refractivity contribution < 1.29 is 14.1 Å². The third-order valence-electron chi connectivity index (χ3n) is 1.73. The first-order valence-electron chi connectivity index (χ1n) is 5.31. The Morgan fingerprint density at radius 3 is 3.00 bits per heavy atom. The van der Waals surface area contributed by atoms with Crippen LogP contribution in [0.2, 0.25) is 0 Å². The highest BCUT2D eigenvalue weighted by atomic mass is 32.2. The van der Waals surface area contributed by atoms with Crippen molar-refractivity contribution in [2.45, 2.75) is 32.4 Å². The van der Waals surface area contributed by atoms with Crippen molar-refractivity contribution in [3.8, 4) is 0 Å². The van der Waals surface area contributed by atoms with E-state index in [1.165, 1.54) is 11.8 Å². The number of esters is 1. The molecule has 0 aliphatic rings. The van der Waals surface area contributed by atoms with Crippen LogP contribution >= 0.6 is 11.8 Å². The maximum Gasteiger partial charge on any atom is 0.315 e. The van der Waals surface area contributed by atoms with Gasteiger partial charge in [0, 0.05) is 6.42 Å². The second kappa shape index (κ2) is 7.27. The molecule has 90 valence electrons. The zero-order chi connectivity index (χ0) is 11.8. The highest BCUT2D eigenvalue weighted by Gasteiger charge is 2.07. The molecule has 0 saturated heterocycles. The van der Waals surface area contributed by atoms with Gasteiger partial charge in [-0.05, 0) is 13.3 Å². The Morgan fingerprint density at radius 1 is 1.50 bits per heavy atom. The standard InChI is InChI=1S/C10H16N2O3S/c1-3-5-8-11-9(15-12-8)6-16-7-10(13)14-4-2/h3-7H2,1-2H3. The molecule has 0 fully saturated rings. The molecule has 0 amide bonds. The lowest BCUT2D eigenvalue weighted by molar-refractivity contribution is -0.139. The predicted molar refractivity (Wildman–Crippen MR) is 61.1 cm³/mol. The fraction of sp³-hybridized carbons (Fsp3) is 0.700. The number of carbonyl (C=O) groups excluding carboxylic acids is 1. The molecule has 0 aliphatic heterocycles. The van der Waals surface area contributed by atoms with Crippen LogP contribution in [-0.2, 0) is 21.7 Å².